The third kappa shape index (κ3) is 4.01. The molecule has 1 amide bonds. The number of benzene rings is 3. The minimum atomic E-state index is -0.0149. The molecule has 0 spiro atoms. The van der Waals surface area contributed by atoms with Crippen molar-refractivity contribution >= 4 is 45.0 Å². The van der Waals surface area contributed by atoms with E-state index in [9.17, 15) is 4.79 Å². The molecule has 1 aromatic heterocycles. The summed E-state index contributed by atoms with van der Waals surface area (Å²) in [5.41, 5.74) is 4.42. The predicted molar refractivity (Wildman–Crippen MR) is 133 cm³/mol. The molecule has 1 aliphatic rings. The molecule has 5 heteroatoms. The molecule has 1 atom stereocenters. The van der Waals surface area contributed by atoms with Crippen LogP contribution in [0.1, 0.15) is 25.3 Å². The molecule has 4 aromatic rings. The number of amides is 1. The number of nitrogens with one attached hydrogen (secondary N) is 1. The van der Waals surface area contributed by atoms with E-state index < -0.39 is 0 Å². The Kier molecular flexibility index (Phi) is 5.90. The average molecular weight is 446 g/mol. The number of aromatic nitrogens is 1. The van der Waals surface area contributed by atoms with E-state index in [0.29, 0.717) is 0 Å². The third-order valence-corrected chi connectivity index (χ3v) is 6.95. The molecule has 1 unspecified atom stereocenters. The van der Waals surface area contributed by atoms with Crippen molar-refractivity contribution in [2.45, 2.75) is 32.9 Å². The van der Waals surface area contributed by atoms with Crippen LogP contribution in [0.15, 0.2) is 66.7 Å². The molecule has 2 heterocycles. The quantitative estimate of drug-likeness (QED) is 0.390. The number of piperidine rings is 1. The second-order valence-corrected chi connectivity index (χ2v) is 9.06. The number of fused-ring (bicyclic) bond motifs is 3. The van der Waals surface area contributed by atoms with Crippen molar-refractivity contribution in [3.8, 4) is 0 Å². The van der Waals surface area contributed by atoms with Crippen LogP contribution in [0.2, 0.25) is 5.02 Å². The van der Waals surface area contributed by atoms with E-state index in [1.54, 1.807) is 0 Å². The van der Waals surface area contributed by atoms with Crippen LogP contribution in [-0.2, 0) is 17.9 Å². The van der Waals surface area contributed by atoms with Crippen molar-refractivity contribution in [3.63, 3.8) is 0 Å². The molecule has 0 bridgehead atoms. The number of carbonyl (C=O) groups is 1. The van der Waals surface area contributed by atoms with Crippen LogP contribution < -0.4 is 5.32 Å². The lowest BCUT2D eigenvalue weighted by molar-refractivity contribution is -0.121. The van der Waals surface area contributed by atoms with Gasteiger partial charge in [-0.15, -0.1) is 0 Å². The summed E-state index contributed by atoms with van der Waals surface area (Å²) in [7, 11) is 0. The molecule has 4 nitrogen and oxygen atoms in total. The second-order valence-electron chi connectivity index (χ2n) is 8.65. The topological polar surface area (TPSA) is 37.3 Å². The lowest BCUT2D eigenvalue weighted by Crippen LogP contribution is -2.40. The van der Waals surface area contributed by atoms with Crippen molar-refractivity contribution in [2.75, 3.05) is 18.4 Å². The SMILES string of the molecule is CCn1c2ccccc2c2cc(NC(=O)C3CCCN(Cc4ccccc4Cl)C3)ccc21. The van der Waals surface area contributed by atoms with Crippen LogP contribution in [0.25, 0.3) is 21.8 Å². The van der Waals surface area contributed by atoms with Gasteiger partial charge in [0.25, 0.3) is 0 Å². The minimum absolute atomic E-state index is 0.0149. The summed E-state index contributed by atoms with van der Waals surface area (Å²) in [5.74, 6) is 0.0892. The highest BCUT2D eigenvalue weighted by Gasteiger charge is 2.26. The summed E-state index contributed by atoms with van der Waals surface area (Å²) in [5, 5.41) is 6.39. The van der Waals surface area contributed by atoms with Crippen LogP contribution in [0.5, 0.6) is 0 Å². The summed E-state index contributed by atoms with van der Waals surface area (Å²) in [6.45, 7) is 5.62. The molecule has 1 fully saturated rings. The molecule has 1 N–H and O–H groups in total. The van der Waals surface area contributed by atoms with E-state index in [0.717, 1.165) is 55.3 Å². The van der Waals surface area contributed by atoms with Gasteiger partial charge in [0.2, 0.25) is 5.91 Å². The Morgan fingerprint density at radius 1 is 1.03 bits per heavy atom. The monoisotopic (exact) mass is 445 g/mol. The third-order valence-electron chi connectivity index (χ3n) is 6.58. The number of hydrogen-bond donors (Lipinski definition) is 1. The molecule has 0 radical (unpaired) electrons. The number of anilines is 1. The number of rotatable bonds is 5. The largest absolute Gasteiger partial charge is 0.341 e. The van der Waals surface area contributed by atoms with Crippen molar-refractivity contribution in [3.05, 3.63) is 77.3 Å². The molecule has 1 aliphatic heterocycles. The maximum absolute atomic E-state index is 13.1. The Balaban J connectivity index is 1.33. The molecule has 0 aliphatic carbocycles. The zero-order valence-electron chi connectivity index (χ0n) is 18.4. The molecule has 164 valence electrons. The highest BCUT2D eigenvalue weighted by Crippen LogP contribution is 2.31. The van der Waals surface area contributed by atoms with Crippen molar-refractivity contribution in [1.82, 2.24) is 9.47 Å². The van der Waals surface area contributed by atoms with Gasteiger partial charge in [0.15, 0.2) is 0 Å². The van der Waals surface area contributed by atoms with Gasteiger partial charge in [0, 0.05) is 52.2 Å². The highest BCUT2D eigenvalue weighted by atomic mass is 35.5. The van der Waals surface area contributed by atoms with Gasteiger partial charge in [0.1, 0.15) is 0 Å². The summed E-state index contributed by atoms with van der Waals surface area (Å²) in [4.78, 5) is 15.5. The van der Waals surface area contributed by atoms with E-state index in [1.165, 1.54) is 21.8 Å². The number of hydrogen-bond acceptors (Lipinski definition) is 2. The van der Waals surface area contributed by atoms with E-state index in [1.807, 2.05) is 24.3 Å². The predicted octanol–water partition coefficient (Wildman–Crippen LogP) is 6.32. The first-order valence-electron chi connectivity index (χ1n) is 11.4. The summed E-state index contributed by atoms with van der Waals surface area (Å²) >= 11 is 6.34. The molecule has 32 heavy (non-hydrogen) atoms. The van der Waals surface area contributed by atoms with Crippen LogP contribution in [0.3, 0.4) is 0 Å². The number of para-hydroxylation sites is 1. The smallest absolute Gasteiger partial charge is 0.228 e. The fourth-order valence-electron chi connectivity index (χ4n) is 5.00. The first kappa shape index (κ1) is 21.0. The number of aryl methyl sites for hydroxylation is 1. The van der Waals surface area contributed by atoms with Gasteiger partial charge in [-0.2, -0.15) is 0 Å². The van der Waals surface area contributed by atoms with E-state index in [-0.39, 0.29) is 11.8 Å². The van der Waals surface area contributed by atoms with Gasteiger partial charge in [-0.05, 0) is 62.2 Å². The Morgan fingerprint density at radius 3 is 2.66 bits per heavy atom. The highest BCUT2D eigenvalue weighted by molar-refractivity contribution is 6.31. The minimum Gasteiger partial charge on any atom is -0.341 e. The van der Waals surface area contributed by atoms with Gasteiger partial charge in [0.05, 0.1) is 5.92 Å². The van der Waals surface area contributed by atoms with Crippen molar-refractivity contribution < 1.29 is 4.79 Å². The summed E-state index contributed by atoms with van der Waals surface area (Å²) < 4.78 is 2.32. The molecule has 1 saturated heterocycles. The first-order valence-corrected chi connectivity index (χ1v) is 11.8. The summed E-state index contributed by atoms with van der Waals surface area (Å²) in [6.07, 6.45) is 1.94. The number of carbonyl (C=O) groups excluding carboxylic acids is 1. The van der Waals surface area contributed by atoms with E-state index in [4.69, 9.17) is 11.6 Å². The maximum atomic E-state index is 13.1. The summed E-state index contributed by atoms with van der Waals surface area (Å²) in [6, 6.07) is 22.7. The van der Waals surface area contributed by atoms with Crippen molar-refractivity contribution in [1.29, 1.82) is 0 Å². The number of likely N-dealkylation sites (tertiary alicyclic amines) is 1. The Labute approximate surface area is 193 Å². The van der Waals surface area contributed by atoms with Gasteiger partial charge >= 0.3 is 0 Å². The fraction of sp³-hybridized carbons (Fsp3) is 0.296. The van der Waals surface area contributed by atoms with Crippen LogP contribution in [-0.4, -0.2) is 28.5 Å². The molecule has 5 rings (SSSR count). The molecule has 3 aromatic carbocycles. The fourth-order valence-corrected chi connectivity index (χ4v) is 5.19. The maximum Gasteiger partial charge on any atom is 0.228 e. The lowest BCUT2D eigenvalue weighted by Gasteiger charge is -2.32. The van der Waals surface area contributed by atoms with Crippen LogP contribution in [0, 0.1) is 5.92 Å². The molecular formula is C27H28ClN3O. The van der Waals surface area contributed by atoms with E-state index in [2.05, 4.69) is 64.2 Å². The normalized spacial score (nSPS) is 17.1. The van der Waals surface area contributed by atoms with Gasteiger partial charge in [-0.3, -0.25) is 9.69 Å². The number of halogens is 1. The number of nitrogens with zero attached hydrogens (tertiary/aromatic N) is 2. The lowest BCUT2D eigenvalue weighted by atomic mass is 9.96. The Hall–Kier alpha value is -2.82. The molecular weight excluding hydrogens is 418 g/mol. The van der Waals surface area contributed by atoms with Gasteiger partial charge in [-0.1, -0.05) is 48.0 Å². The van der Waals surface area contributed by atoms with Crippen molar-refractivity contribution in [2.24, 2.45) is 5.92 Å². The van der Waals surface area contributed by atoms with E-state index >= 15 is 0 Å². The Morgan fingerprint density at radius 2 is 1.81 bits per heavy atom. The van der Waals surface area contributed by atoms with Gasteiger partial charge < -0.3 is 9.88 Å². The van der Waals surface area contributed by atoms with Crippen LogP contribution >= 0.6 is 11.6 Å². The average Bonchev–Trinajstić information content (AvgIpc) is 3.14. The zero-order chi connectivity index (χ0) is 22.1. The van der Waals surface area contributed by atoms with Gasteiger partial charge in [-0.25, -0.2) is 0 Å². The second kappa shape index (κ2) is 8.97. The molecule has 0 saturated carbocycles. The zero-order valence-corrected chi connectivity index (χ0v) is 19.1. The first-order chi connectivity index (χ1) is 15.6. The van der Waals surface area contributed by atoms with Crippen LogP contribution in [0.4, 0.5) is 5.69 Å². The Bertz CT molecular complexity index is 1280. The standard InChI is InChI=1S/C27H28ClN3O/c1-2-31-25-12-6-4-10-22(25)23-16-21(13-14-26(23)31)29-27(32)20-9-7-15-30(18-20)17-19-8-3-5-11-24(19)28/h3-6,8,10-14,16,20H,2,7,9,15,17-18H2,1H3,(H,29,32).